The summed E-state index contributed by atoms with van der Waals surface area (Å²) in [6.07, 6.45) is 3.07. The zero-order chi connectivity index (χ0) is 14.7. The molecular formula is C13H11ClN6O. The maximum absolute atomic E-state index is 8.93. The number of rotatable bonds is 2. The van der Waals surface area contributed by atoms with Crippen molar-refractivity contribution in [2.45, 2.75) is 0 Å². The van der Waals surface area contributed by atoms with Crippen LogP contribution in [0.3, 0.4) is 0 Å². The van der Waals surface area contributed by atoms with Crippen LogP contribution < -0.4 is 4.90 Å². The standard InChI is InChI=1S/C13H11ClN6O/c14-12-17-11(10-5-9(6-15)7-16-8-10)18-13(19-12)20-1-3-21-4-2-20/h5,7-8H,1-4H2. The van der Waals surface area contributed by atoms with Crippen LogP contribution in [-0.2, 0) is 4.74 Å². The van der Waals surface area contributed by atoms with E-state index in [2.05, 4.69) is 19.9 Å². The monoisotopic (exact) mass is 302 g/mol. The van der Waals surface area contributed by atoms with Gasteiger partial charge in [-0.15, -0.1) is 0 Å². The number of pyridine rings is 1. The van der Waals surface area contributed by atoms with E-state index in [9.17, 15) is 0 Å². The van der Waals surface area contributed by atoms with Crippen molar-refractivity contribution in [3.05, 3.63) is 29.3 Å². The number of hydrogen-bond acceptors (Lipinski definition) is 7. The van der Waals surface area contributed by atoms with Crippen LogP contribution in [0.1, 0.15) is 5.56 Å². The van der Waals surface area contributed by atoms with Gasteiger partial charge in [-0.25, -0.2) is 0 Å². The number of nitriles is 1. The second-order valence-corrected chi connectivity index (χ2v) is 4.74. The Balaban J connectivity index is 1.98. The van der Waals surface area contributed by atoms with Gasteiger partial charge in [0.1, 0.15) is 6.07 Å². The molecule has 1 aliphatic rings. The van der Waals surface area contributed by atoms with E-state index in [0.29, 0.717) is 49.2 Å². The number of nitrogens with zero attached hydrogens (tertiary/aromatic N) is 6. The van der Waals surface area contributed by atoms with Crippen LogP contribution in [0.25, 0.3) is 11.4 Å². The molecule has 106 valence electrons. The predicted octanol–water partition coefficient (Wildman–Crippen LogP) is 1.30. The van der Waals surface area contributed by atoms with Crippen molar-refractivity contribution < 1.29 is 4.74 Å². The highest BCUT2D eigenvalue weighted by Crippen LogP contribution is 2.20. The highest BCUT2D eigenvalue weighted by atomic mass is 35.5. The van der Waals surface area contributed by atoms with Gasteiger partial charge in [0.15, 0.2) is 5.82 Å². The van der Waals surface area contributed by atoms with Gasteiger partial charge in [-0.3, -0.25) is 4.98 Å². The topological polar surface area (TPSA) is 87.8 Å². The molecule has 7 nitrogen and oxygen atoms in total. The van der Waals surface area contributed by atoms with Crippen LogP contribution in [0.5, 0.6) is 0 Å². The quantitative estimate of drug-likeness (QED) is 0.826. The van der Waals surface area contributed by atoms with Crippen LogP contribution in [0.15, 0.2) is 18.5 Å². The summed E-state index contributed by atoms with van der Waals surface area (Å²) in [4.78, 5) is 18.7. The lowest BCUT2D eigenvalue weighted by molar-refractivity contribution is 0.122. The van der Waals surface area contributed by atoms with Crippen molar-refractivity contribution in [2.24, 2.45) is 0 Å². The third kappa shape index (κ3) is 3.07. The highest BCUT2D eigenvalue weighted by molar-refractivity contribution is 6.28. The summed E-state index contributed by atoms with van der Waals surface area (Å²) in [5.74, 6) is 0.914. The predicted molar refractivity (Wildman–Crippen MR) is 75.8 cm³/mol. The summed E-state index contributed by atoms with van der Waals surface area (Å²) in [6, 6.07) is 3.70. The molecule has 0 radical (unpaired) electrons. The lowest BCUT2D eigenvalue weighted by Crippen LogP contribution is -2.37. The van der Waals surface area contributed by atoms with Gasteiger partial charge >= 0.3 is 0 Å². The minimum absolute atomic E-state index is 0.115. The molecule has 1 saturated heterocycles. The van der Waals surface area contributed by atoms with Crippen molar-refractivity contribution in [3.8, 4) is 17.5 Å². The van der Waals surface area contributed by atoms with E-state index in [4.69, 9.17) is 21.6 Å². The van der Waals surface area contributed by atoms with E-state index in [0.717, 1.165) is 0 Å². The summed E-state index contributed by atoms with van der Waals surface area (Å²) >= 11 is 5.99. The SMILES string of the molecule is N#Cc1cncc(-c2nc(Cl)nc(N3CCOCC3)n2)c1. The second-order valence-electron chi connectivity index (χ2n) is 4.40. The zero-order valence-corrected chi connectivity index (χ0v) is 11.8. The van der Waals surface area contributed by atoms with Gasteiger partial charge in [0.2, 0.25) is 11.2 Å². The van der Waals surface area contributed by atoms with Crippen molar-refractivity contribution in [2.75, 3.05) is 31.2 Å². The van der Waals surface area contributed by atoms with Gasteiger partial charge in [0.05, 0.1) is 18.8 Å². The summed E-state index contributed by atoms with van der Waals surface area (Å²) in [7, 11) is 0. The molecule has 2 aromatic rings. The first kappa shape index (κ1) is 13.7. The molecule has 0 bridgehead atoms. The van der Waals surface area contributed by atoms with E-state index < -0.39 is 0 Å². The minimum atomic E-state index is 0.115. The Hall–Kier alpha value is -2.30. The first-order valence-electron chi connectivity index (χ1n) is 6.36. The van der Waals surface area contributed by atoms with E-state index in [1.807, 2.05) is 11.0 Å². The van der Waals surface area contributed by atoms with Crippen LogP contribution in [-0.4, -0.2) is 46.2 Å². The maximum atomic E-state index is 8.93. The third-order valence-corrected chi connectivity index (χ3v) is 3.18. The van der Waals surface area contributed by atoms with Crippen molar-refractivity contribution in [1.29, 1.82) is 5.26 Å². The molecule has 0 atom stereocenters. The molecule has 8 heteroatoms. The molecule has 0 amide bonds. The van der Waals surface area contributed by atoms with Crippen molar-refractivity contribution >= 4 is 17.5 Å². The van der Waals surface area contributed by atoms with Crippen LogP contribution in [0.2, 0.25) is 5.28 Å². The number of hydrogen-bond donors (Lipinski definition) is 0. The summed E-state index contributed by atoms with van der Waals surface area (Å²) in [5, 5.41) is 9.05. The van der Waals surface area contributed by atoms with E-state index >= 15 is 0 Å². The largest absolute Gasteiger partial charge is 0.378 e. The first-order valence-corrected chi connectivity index (χ1v) is 6.74. The molecule has 0 spiro atoms. The van der Waals surface area contributed by atoms with Gasteiger partial charge in [-0.1, -0.05) is 0 Å². The summed E-state index contributed by atoms with van der Waals surface area (Å²) in [5.41, 5.74) is 1.07. The summed E-state index contributed by atoms with van der Waals surface area (Å²) in [6.45, 7) is 2.67. The molecule has 3 rings (SSSR count). The fourth-order valence-corrected chi connectivity index (χ4v) is 2.15. The summed E-state index contributed by atoms with van der Waals surface area (Å²) < 4.78 is 5.30. The van der Waals surface area contributed by atoms with Crippen LogP contribution in [0, 0.1) is 11.3 Å². The maximum Gasteiger partial charge on any atom is 0.230 e. The lowest BCUT2D eigenvalue weighted by Gasteiger charge is -2.26. The molecule has 0 saturated carbocycles. The molecular weight excluding hydrogens is 292 g/mol. The molecule has 3 heterocycles. The minimum Gasteiger partial charge on any atom is -0.378 e. The van der Waals surface area contributed by atoms with Gasteiger partial charge < -0.3 is 9.64 Å². The van der Waals surface area contributed by atoms with E-state index in [-0.39, 0.29) is 5.28 Å². The number of morpholine rings is 1. The molecule has 0 unspecified atom stereocenters. The molecule has 0 aliphatic carbocycles. The van der Waals surface area contributed by atoms with Gasteiger partial charge in [0, 0.05) is 31.0 Å². The number of aromatic nitrogens is 4. The van der Waals surface area contributed by atoms with Crippen molar-refractivity contribution in [1.82, 2.24) is 19.9 Å². The number of anilines is 1. The Labute approximate surface area is 126 Å². The van der Waals surface area contributed by atoms with Crippen LogP contribution in [0.4, 0.5) is 5.95 Å². The van der Waals surface area contributed by atoms with Gasteiger partial charge in [-0.2, -0.15) is 20.2 Å². The Bertz CT molecular complexity index is 695. The third-order valence-electron chi connectivity index (χ3n) is 3.02. The number of ether oxygens (including phenoxy) is 1. The zero-order valence-electron chi connectivity index (χ0n) is 11.0. The molecule has 0 aromatic carbocycles. The number of halogens is 1. The Kier molecular flexibility index (Phi) is 3.90. The van der Waals surface area contributed by atoms with Gasteiger partial charge in [-0.05, 0) is 17.7 Å². The Morgan fingerprint density at radius 1 is 1.19 bits per heavy atom. The molecule has 0 N–H and O–H groups in total. The van der Waals surface area contributed by atoms with Gasteiger partial charge in [0.25, 0.3) is 0 Å². The second kappa shape index (κ2) is 5.99. The Morgan fingerprint density at radius 2 is 2.00 bits per heavy atom. The van der Waals surface area contributed by atoms with E-state index in [1.165, 1.54) is 6.20 Å². The highest BCUT2D eigenvalue weighted by Gasteiger charge is 2.16. The average molecular weight is 303 g/mol. The molecule has 1 fully saturated rings. The fourth-order valence-electron chi connectivity index (χ4n) is 2.00. The normalized spacial score (nSPS) is 14.8. The molecule has 2 aromatic heterocycles. The molecule has 21 heavy (non-hydrogen) atoms. The molecule has 1 aliphatic heterocycles. The average Bonchev–Trinajstić information content (AvgIpc) is 2.55. The lowest BCUT2D eigenvalue weighted by atomic mass is 10.2. The van der Waals surface area contributed by atoms with E-state index in [1.54, 1.807) is 12.3 Å². The van der Waals surface area contributed by atoms with Crippen LogP contribution >= 0.6 is 11.6 Å². The first-order chi connectivity index (χ1) is 10.3. The Morgan fingerprint density at radius 3 is 2.76 bits per heavy atom. The smallest absolute Gasteiger partial charge is 0.230 e. The van der Waals surface area contributed by atoms with Crippen molar-refractivity contribution in [3.63, 3.8) is 0 Å². The fraction of sp³-hybridized carbons (Fsp3) is 0.308.